The fraction of sp³-hybridized carbons (Fsp3) is 0.667. The quantitative estimate of drug-likeness (QED) is 0.608. The van der Waals surface area contributed by atoms with Crippen molar-refractivity contribution in [2.45, 2.75) is 32.3 Å². The molecular weight excluding hydrogens is 140 g/mol. The Morgan fingerprint density at radius 2 is 2.45 bits per heavy atom. The maximum atomic E-state index is 11.1. The van der Waals surface area contributed by atoms with Gasteiger partial charge in [-0.1, -0.05) is 12.2 Å². The van der Waals surface area contributed by atoms with E-state index in [0.29, 0.717) is 12.0 Å². The second-order valence-electron chi connectivity index (χ2n) is 3.26. The zero-order valence-electron chi connectivity index (χ0n) is 6.84. The average molecular weight is 154 g/mol. The summed E-state index contributed by atoms with van der Waals surface area (Å²) in [6, 6.07) is 0. The minimum atomic E-state index is -0.606. The van der Waals surface area contributed by atoms with E-state index in [4.69, 9.17) is 0 Å². The number of carbonyl (C=O) groups excluding carboxylic acids is 1. The van der Waals surface area contributed by atoms with Gasteiger partial charge in [0.2, 0.25) is 0 Å². The molecule has 0 radical (unpaired) electrons. The third-order valence-electron chi connectivity index (χ3n) is 2.24. The standard InChI is InChI=1S/C9H14O2/c1-6(2)9(11)7-4-3-5-8(7)10/h7,9,11H,1,3-5H2,2H3/t7-,9+/m0/s1. The summed E-state index contributed by atoms with van der Waals surface area (Å²) in [5, 5.41) is 9.48. The van der Waals surface area contributed by atoms with E-state index in [1.54, 1.807) is 6.92 Å². The van der Waals surface area contributed by atoms with E-state index in [0.717, 1.165) is 12.8 Å². The maximum absolute atomic E-state index is 11.1. The van der Waals surface area contributed by atoms with Crippen LogP contribution in [0.5, 0.6) is 0 Å². The van der Waals surface area contributed by atoms with E-state index >= 15 is 0 Å². The van der Waals surface area contributed by atoms with Crippen molar-refractivity contribution in [2.75, 3.05) is 0 Å². The van der Waals surface area contributed by atoms with Gasteiger partial charge in [-0.2, -0.15) is 0 Å². The van der Waals surface area contributed by atoms with E-state index in [1.807, 2.05) is 0 Å². The summed E-state index contributed by atoms with van der Waals surface area (Å²) < 4.78 is 0. The van der Waals surface area contributed by atoms with Gasteiger partial charge in [0.05, 0.1) is 6.10 Å². The van der Waals surface area contributed by atoms with Crippen LogP contribution >= 0.6 is 0 Å². The van der Waals surface area contributed by atoms with Gasteiger partial charge < -0.3 is 5.11 Å². The van der Waals surface area contributed by atoms with Crippen LogP contribution in [-0.2, 0) is 4.79 Å². The van der Waals surface area contributed by atoms with Crippen LogP contribution in [0.3, 0.4) is 0 Å². The van der Waals surface area contributed by atoms with Crippen molar-refractivity contribution in [3.63, 3.8) is 0 Å². The van der Waals surface area contributed by atoms with Gasteiger partial charge in [-0.15, -0.1) is 0 Å². The molecule has 0 amide bonds. The summed E-state index contributed by atoms with van der Waals surface area (Å²) >= 11 is 0. The Labute approximate surface area is 66.9 Å². The van der Waals surface area contributed by atoms with Crippen molar-refractivity contribution in [1.82, 2.24) is 0 Å². The van der Waals surface area contributed by atoms with Crippen LogP contribution in [0.2, 0.25) is 0 Å². The molecule has 1 N–H and O–H groups in total. The molecule has 2 nitrogen and oxygen atoms in total. The molecule has 1 fully saturated rings. The van der Waals surface area contributed by atoms with Crippen LogP contribution in [0.15, 0.2) is 12.2 Å². The Balaban J connectivity index is 2.59. The highest BCUT2D eigenvalue weighted by Crippen LogP contribution is 2.26. The number of Topliss-reactive ketones (excluding diaryl/α,β-unsaturated/α-hetero) is 1. The first-order chi connectivity index (χ1) is 5.13. The molecule has 1 rings (SSSR count). The minimum absolute atomic E-state index is 0.160. The van der Waals surface area contributed by atoms with Gasteiger partial charge in [-0.25, -0.2) is 0 Å². The minimum Gasteiger partial charge on any atom is -0.388 e. The summed E-state index contributed by atoms with van der Waals surface area (Å²) in [7, 11) is 0. The highest BCUT2D eigenvalue weighted by molar-refractivity contribution is 5.83. The van der Waals surface area contributed by atoms with Gasteiger partial charge in [0, 0.05) is 12.3 Å². The van der Waals surface area contributed by atoms with Crippen LogP contribution in [0.25, 0.3) is 0 Å². The van der Waals surface area contributed by atoms with Gasteiger partial charge in [0.1, 0.15) is 5.78 Å². The molecule has 11 heavy (non-hydrogen) atoms. The number of rotatable bonds is 2. The molecule has 1 aliphatic carbocycles. The maximum Gasteiger partial charge on any atom is 0.138 e. The Hall–Kier alpha value is -0.630. The van der Waals surface area contributed by atoms with Crippen LogP contribution < -0.4 is 0 Å². The molecule has 0 aromatic rings. The zero-order valence-corrected chi connectivity index (χ0v) is 6.84. The van der Waals surface area contributed by atoms with Crippen molar-refractivity contribution in [3.8, 4) is 0 Å². The largest absolute Gasteiger partial charge is 0.388 e. The highest BCUT2D eigenvalue weighted by Gasteiger charge is 2.30. The van der Waals surface area contributed by atoms with E-state index in [2.05, 4.69) is 6.58 Å². The van der Waals surface area contributed by atoms with E-state index < -0.39 is 6.10 Å². The summed E-state index contributed by atoms with van der Waals surface area (Å²) in [6.45, 7) is 5.39. The predicted molar refractivity (Wildman–Crippen MR) is 43.2 cm³/mol. The predicted octanol–water partition coefficient (Wildman–Crippen LogP) is 1.29. The van der Waals surface area contributed by atoms with Crippen molar-refractivity contribution in [1.29, 1.82) is 0 Å². The van der Waals surface area contributed by atoms with Crippen LogP contribution in [0, 0.1) is 5.92 Å². The lowest BCUT2D eigenvalue weighted by molar-refractivity contribution is -0.122. The number of aliphatic hydroxyl groups excluding tert-OH is 1. The molecule has 0 spiro atoms. The van der Waals surface area contributed by atoms with Gasteiger partial charge in [0.25, 0.3) is 0 Å². The lowest BCUT2D eigenvalue weighted by atomic mass is 9.95. The van der Waals surface area contributed by atoms with Gasteiger partial charge >= 0.3 is 0 Å². The zero-order chi connectivity index (χ0) is 8.43. The molecule has 0 unspecified atom stereocenters. The number of hydrogen-bond acceptors (Lipinski definition) is 2. The third-order valence-corrected chi connectivity index (χ3v) is 2.24. The topological polar surface area (TPSA) is 37.3 Å². The molecule has 2 atom stereocenters. The number of ketones is 1. The van der Waals surface area contributed by atoms with Gasteiger partial charge in [0.15, 0.2) is 0 Å². The SMILES string of the molecule is C=C(C)[C@@H](O)[C@H]1CCCC1=O. The molecule has 0 aliphatic heterocycles. The van der Waals surface area contributed by atoms with Crippen molar-refractivity contribution < 1.29 is 9.90 Å². The monoisotopic (exact) mass is 154 g/mol. The average Bonchev–Trinajstić information content (AvgIpc) is 2.33. The highest BCUT2D eigenvalue weighted by atomic mass is 16.3. The molecular formula is C9H14O2. The van der Waals surface area contributed by atoms with Crippen molar-refractivity contribution >= 4 is 5.78 Å². The first kappa shape index (κ1) is 8.47. The normalized spacial score (nSPS) is 27.1. The number of aliphatic hydroxyl groups is 1. The first-order valence-electron chi connectivity index (χ1n) is 3.99. The lowest BCUT2D eigenvalue weighted by Gasteiger charge is -2.15. The molecule has 1 aliphatic rings. The summed E-state index contributed by atoms with van der Waals surface area (Å²) in [4.78, 5) is 11.1. The molecule has 1 saturated carbocycles. The van der Waals surface area contributed by atoms with Crippen LogP contribution in [-0.4, -0.2) is 17.0 Å². The Morgan fingerprint density at radius 3 is 2.82 bits per heavy atom. The molecule has 2 heteroatoms. The van der Waals surface area contributed by atoms with Crippen LogP contribution in [0.1, 0.15) is 26.2 Å². The first-order valence-corrected chi connectivity index (χ1v) is 3.99. The van der Waals surface area contributed by atoms with Crippen molar-refractivity contribution in [2.24, 2.45) is 5.92 Å². The van der Waals surface area contributed by atoms with E-state index in [-0.39, 0.29) is 11.7 Å². The number of carbonyl (C=O) groups is 1. The van der Waals surface area contributed by atoms with Crippen LogP contribution in [0.4, 0.5) is 0 Å². The smallest absolute Gasteiger partial charge is 0.138 e. The van der Waals surface area contributed by atoms with Gasteiger partial charge in [-0.05, 0) is 19.8 Å². The third kappa shape index (κ3) is 1.69. The molecule has 0 aromatic carbocycles. The summed E-state index contributed by atoms with van der Waals surface area (Å²) in [6.07, 6.45) is 1.78. The molecule has 0 bridgehead atoms. The van der Waals surface area contributed by atoms with Gasteiger partial charge in [-0.3, -0.25) is 4.79 Å². The molecule has 0 saturated heterocycles. The summed E-state index contributed by atoms with van der Waals surface area (Å²) in [5.41, 5.74) is 0.699. The number of hydrogen-bond donors (Lipinski definition) is 1. The summed E-state index contributed by atoms with van der Waals surface area (Å²) in [5.74, 6) is 0.0352. The second kappa shape index (κ2) is 3.18. The lowest BCUT2D eigenvalue weighted by Crippen LogP contribution is -2.24. The fourth-order valence-electron chi connectivity index (χ4n) is 1.52. The molecule has 0 aromatic heterocycles. The Bertz CT molecular complexity index is 184. The molecule has 0 heterocycles. The second-order valence-corrected chi connectivity index (χ2v) is 3.26. The molecule has 62 valence electrons. The Kier molecular flexibility index (Phi) is 2.45. The van der Waals surface area contributed by atoms with Crippen molar-refractivity contribution in [3.05, 3.63) is 12.2 Å². The Morgan fingerprint density at radius 1 is 1.82 bits per heavy atom. The fourth-order valence-corrected chi connectivity index (χ4v) is 1.52. The van der Waals surface area contributed by atoms with E-state index in [9.17, 15) is 9.90 Å². The van der Waals surface area contributed by atoms with E-state index in [1.165, 1.54) is 0 Å².